The molecule has 4 heteroatoms. The number of ether oxygens (including phenoxy) is 2. The molecule has 0 amide bonds. The smallest absolute Gasteiger partial charge is 0.126 e. The van der Waals surface area contributed by atoms with Gasteiger partial charge in [-0.05, 0) is 24.1 Å². The summed E-state index contributed by atoms with van der Waals surface area (Å²) in [5, 5.41) is 20.6. The average Bonchev–Trinajstić information content (AvgIpc) is 2.60. The number of methoxy groups -OCH3 is 1. The third-order valence-electron chi connectivity index (χ3n) is 4.97. The number of benzene rings is 2. The SMILES string of the molecule is C=CC(C)(C)c1cc(C2COc3cc(OC)ccc3C2)c(O)cc1O. The van der Waals surface area contributed by atoms with Crippen molar-refractivity contribution in [1.82, 2.24) is 0 Å². The highest BCUT2D eigenvalue weighted by molar-refractivity contribution is 5.52. The summed E-state index contributed by atoms with van der Waals surface area (Å²) >= 11 is 0. The maximum absolute atomic E-state index is 10.4. The highest BCUT2D eigenvalue weighted by Crippen LogP contribution is 2.42. The summed E-state index contributed by atoms with van der Waals surface area (Å²) in [4.78, 5) is 0. The van der Waals surface area contributed by atoms with Crippen LogP contribution in [0.5, 0.6) is 23.0 Å². The minimum Gasteiger partial charge on any atom is -0.508 e. The van der Waals surface area contributed by atoms with Crippen LogP contribution in [0.2, 0.25) is 0 Å². The number of phenols is 2. The van der Waals surface area contributed by atoms with Gasteiger partial charge in [-0.15, -0.1) is 6.58 Å². The highest BCUT2D eigenvalue weighted by Gasteiger charge is 2.28. The molecule has 1 aliphatic rings. The van der Waals surface area contributed by atoms with E-state index in [-0.39, 0.29) is 17.4 Å². The van der Waals surface area contributed by atoms with Gasteiger partial charge in [0.1, 0.15) is 23.0 Å². The Morgan fingerprint density at radius 1 is 1.20 bits per heavy atom. The summed E-state index contributed by atoms with van der Waals surface area (Å²) in [5.41, 5.74) is 2.21. The number of fused-ring (bicyclic) bond motifs is 1. The van der Waals surface area contributed by atoms with Gasteiger partial charge >= 0.3 is 0 Å². The molecule has 2 N–H and O–H groups in total. The molecule has 0 saturated heterocycles. The molecule has 0 bridgehead atoms. The second-order valence-corrected chi connectivity index (χ2v) is 7.04. The maximum atomic E-state index is 10.4. The van der Waals surface area contributed by atoms with Crippen molar-refractivity contribution in [3.05, 3.63) is 59.7 Å². The van der Waals surface area contributed by atoms with Crippen molar-refractivity contribution in [3.63, 3.8) is 0 Å². The van der Waals surface area contributed by atoms with Crippen LogP contribution >= 0.6 is 0 Å². The fourth-order valence-corrected chi connectivity index (χ4v) is 3.23. The third-order valence-corrected chi connectivity index (χ3v) is 4.97. The quantitative estimate of drug-likeness (QED) is 0.815. The molecule has 1 aliphatic heterocycles. The Labute approximate surface area is 148 Å². The van der Waals surface area contributed by atoms with E-state index in [0.29, 0.717) is 6.61 Å². The number of aromatic hydroxyl groups is 2. The van der Waals surface area contributed by atoms with Crippen LogP contribution in [0.4, 0.5) is 0 Å². The molecule has 25 heavy (non-hydrogen) atoms. The zero-order valence-corrected chi connectivity index (χ0v) is 14.9. The Bertz CT molecular complexity index is 808. The molecular weight excluding hydrogens is 316 g/mol. The van der Waals surface area contributed by atoms with E-state index in [9.17, 15) is 10.2 Å². The molecule has 3 rings (SSSR count). The lowest BCUT2D eigenvalue weighted by atomic mass is 9.80. The van der Waals surface area contributed by atoms with E-state index < -0.39 is 5.41 Å². The molecule has 132 valence electrons. The van der Waals surface area contributed by atoms with Crippen molar-refractivity contribution in [2.75, 3.05) is 13.7 Å². The van der Waals surface area contributed by atoms with Crippen molar-refractivity contribution < 1.29 is 19.7 Å². The summed E-state index contributed by atoms with van der Waals surface area (Å²) in [7, 11) is 1.63. The van der Waals surface area contributed by atoms with E-state index in [2.05, 4.69) is 6.58 Å². The molecule has 1 atom stereocenters. The van der Waals surface area contributed by atoms with Gasteiger partial charge in [-0.25, -0.2) is 0 Å². The van der Waals surface area contributed by atoms with Crippen molar-refractivity contribution in [2.45, 2.75) is 31.6 Å². The van der Waals surface area contributed by atoms with Crippen LogP contribution in [0.3, 0.4) is 0 Å². The second kappa shape index (κ2) is 6.36. The zero-order chi connectivity index (χ0) is 18.2. The van der Waals surface area contributed by atoms with Gasteiger partial charge in [0, 0.05) is 34.6 Å². The van der Waals surface area contributed by atoms with Gasteiger partial charge in [-0.1, -0.05) is 26.0 Å². The second-order valence-electron chi connectivity index (χ2n) is 7.04. The van der Waals surface area contributed by atoms with Gasteiger partial charge in [0.05, 0.1) is 13.7 Å². The van der Waals surface area contributed by atoms with Crippen LogP contribution in [0.1, 0.15) is 36.5 Å². The molecule has 2 aromatic rings. The third kappa shape index (κ3) is 3.16. The minimum atomic E-state index is -0.396. The van der Waals surface area contributed by atoms with Crippen molar-refractivity contribution >= 4 is 0 Å². The first-order chi connectivity index (χ1) is 11.9. The van der Waals surface area contributed by atoms with Crippen molar-refractivity contribution in [2.24, 2.45) is 0 Å². The van der Waals surface area contributed by atoms with Crippen LogP contribution in [-0.2, 0) is 11.8 Å². The lowest BCUT2D eigenvalue weighted by Gasteiger charge is -2.29. The summed E-state index contributed by atoms with van der Waals surface area (Å²) in [6.07, 6.45) is 2.55. The Hall–Kier alpha value is -2.62. The maximum Gasteiger partial charge on any atom is 0.126 e. The van der Waals surface area contributed by atoms with Crippen molar-refractivity contribution in [1.29, 1.82) is 0 Å². The first-order valence-electron chi connectivity index (χ1n) is 8.35. The standard InChI is InChI=1S/C21H24O4/c1-5-21(2,3)17-10-16(18(22)11-19(17)23)14-8-13-6-7-15(24-4)9-20(13)25-12-14/h5-7,9-11,14,22-23H,1,8,12H2,2-4H3. The van der Waals surface area contributed by atoms with Crippen LogP contribution in [0.25, 0.3) is 0 Å². The van der Waals surface area contributed by atoms with Gasteiger partial charge in [0.15, 0.2) is 0 Å². The van der Waals surface area contributed by atoms with E-state index in [1.54, 1.807) is 13.2 Å². The lowest BCUT2D eigenvalue weighted by Crippen LogP contribution is -2.20. The number of phenolic OH excluding ortho intramolecular Hbond substituents is 2. The average molecular weight is 340 g/mol. The fraction of sp³-hybridized carbons (Fsp3) is 0.333. The number of hydrogen-bond donors (Lipinski definition) is 2. The van der Waals surface area contributed by atoms with E-state index in [4.69, 9.17) is 9.47 Å². The van der Waals surface area contributed by atoms with E-state index >= 15 is 0 Å². The van der Waals surface area contributed by atoms with Crippen LogP contribution in [-0.4, -0.2) is 23.9 Å². The normalized spacial score (nSPS) is 16.7. The molecule has 0 radical (unpaired) electrons. The molecular formula is C21H24O4. The van der Waals surface area contributed by atoms with Gasteiger partial charge in [-0.2, -0.15) is 0 Å². The summed E-state index contributed by atoms with van der Waals surface area (Å²) in [6.45, 7) is 8.28. The topological polar surface area (TPSA) is 58.9 Å². The number of allylic oxidation sites excluding steroid dienone is 1. The molecule has 1 unspecified atom stereocenters. The lowest BCUT2D eigenvalue weighted by molar-refractivity contribution is 0.258. The molecule has 2 aromatic carbocycles. The Morgan fingerprint density at radius 3 is 2.64 bits per heavy atom. The van der Waals surface area contributed by atoms with Crippen LogP contribution < -0.4 is 9.47 Å². The molecule has 0 aliphatic carbocycles. The monoisotopic (exact) mass is 340 g/mol. The van der Waals surface area contributed by atoms with E-state index in [0.717, 1.165) is 34.6 Å². The van der Waals surface area contributed by atoms with E-state index in [1.165, 1.54) is 6.07 Å². The molecule has 1 heterocycles. The number of rotatable bonds is 4. The first-order valence-corrected chi connectivity index (χ1v) is 8.35. The molecule has 0 aromatic heterocycles. The van der Waals surface area contributed by atoms with Gasteiger partial charge in [-0.3, -0.25) is 0 Å². The Balaban J connectivity index is 1.97. The number of hydrogen-bond acceptors (Lipinski definition) is 4. The highest BCUT2D eigenvalue weighted by atomic mass is 16.5. The molecule has 0 spiro atoms. The van der Waals surface area contributed by atoms with E-state index in [1.807, 2.05) is 38.1 Å². The predicted octanol–water partition coefficient (Wildman–Crippen LogP) is 4.29. The summed E-state index contributed by atoms with van der Waals surface area (Å²) in [5.74, 6) is 1.76. The van der Waals surface area contributed by atoms with Gasteiger partial charge in [0.25, 0.3) is 0 Å². The molecule has 4 nitrogen and oxygen atoms in total. The predicted molar refractivity (Wildman–Crippen MR) is 97.9 cm³/mol. The van der Waals surface area contributed by atoms with Crippen molar-refractivity contribution in [3.8, 4) is 23.0 Å². The molecule has 0 fully saturated rings. The Morgan fingerprint density at radius 2 is 1.96 bits per heavy atom. The summed E-state index contributed by atoms with van der Waals surface area (Å²) < 4.78 is 11.1. The largest absolute Gasteiger partial charge is 0.508 e. The van der Waals surface area contributed by atoms with Crippen LogP contribution in [0, 0.1) is 0 Å². The Kier molecular flexibility index (Phi) is 4.38. The van der Waals surface area contributed by atoms with Gasteiger partial charge in [0.2, 0.25) is 0 Å². The first kappa shape index (κ1) is 17.2. The fourth-order valence-electron chi connectivity index (χ4n) is 3.23. The van der Waals surface area contributed by atoms with Gasteiger partial charge < -0.3 is 19.7 Å². The molecule has 0 saturated carbocycles. The zero-order valence-electron chi connectivity index (χ0n) is 14.9. The summed E-state index contributed by atoms with van der Waals surface area (Å²) in [6, 6.07) is 9.07. The van der Waals surface area contributed by atoms with Crippen LogP contribution in [0.15, 0.2) is 43.0 Å². The minimum absolute atomic E-state index is 0.0147.